The third-order valence-corrected chi connectivity index (χ3v) is 2.30. The smallest absolute Gasteiger partial charge is 0.0558 e. The fourth-order valence-corrected chi connectivity index (χ4v) is 1.60. The van der Waals surface area contributed by atoms with E-state index in [1.807, 2.05) is 6.20 Å². The van der Waals surface area contributed by atoms with Crippen LogP contribution in [0, 0.1) is 0 Å². The van der Waals surface area contributed by atoms with Crippen molar-refractivity contribution in [2.24, 2.45) is 0 Å². The fourth-order valence-electron chi connectivity index (χ4n) is 1.60. The van der Waals surface area contributed by atoms with Crippen molar-refractivity contribution in [2.75, 3.05) is 19.7 Å². The molecule has 0 saturated carbocycles. The van der Waals surface area contributed by atoms with Crippen LogP contribution in [0.4, 0.5) is 0 Å². The van der Waals surface area contributed by atoms with E-state index in [0.717, 1.165) is 26.1 Å². The van der Waals surface area contributed by atoms with Gasteiger partial charge in [0.2, 0.25) is 0 Å². The largest absolute Gasteiger partial charge is 0.395 e. The standard InChI is InChI=1S/C8H13N3O/c12-4-3-11-2-1-7-5-9-10-8(7)6-11/h5,12H,1-4,6H2,(H,9,10). The van der Waals surface area contributed by atoms with Gasteiger partial charge in [-0.25, -0.2) is 0 Å². The number of nitrogens with one attached hydrogen (secondary N) is 1. The van der Waals surface area contributed by atoms with Crippen LogP contribution in [0.3, 0.4) is 0 Å². The summed E-state index contributed by atoms with van der Waals surface area (Å²) in [5.41, 5.74) is 2.53. The number of aromatic amines is 1. The maximum absolute atomic E-state index is 8.75. The molecule has 2 rings (SSSR count). The second-order valence-electron chi connectivity index (χ2n) is 3.12. The first kappa shape index (κ1) is 7.76. The van der Waals surface area contributed by atoms with Gasteiger partial charge in [0.1, 0.15) is 0 Å². The molecule has 0 atom stereocenters. The van der Waals surface area contributed by atoms with Gasteiger partial charge >= 0.3 is 0 Å². The average Bonchev–Trinajstić information content (AvgIpc) is 2.51. The number of aromatic nitrogens is 2. The Kier molecular flexibility index (Phi) is 2.10. The van der Waals surface area contributed by atoms with Gasteiger partial charge in [-0.05, 0) is 12.0 Å². The van der Waals surface area contributed by atoms with Crippen LogP contribution < -0.4 is 0 Å². The SMILES string of the molecule is OCCN1CCc2cn[nH]c2C1. The summed E-state index contributed by atoms with van der Waals surface area (Å²) < 4.78 is 0. The number of hydrogen-bond acceptors (Lipinski definition) is 3. The van der Waals surface area contributed by atoms with E-state index in [-0.39, 0.29) is 6.61 Å². The molecular formula is C8H13N3O. The monoisotopic (exact) mass is 167 g/mol. The molecule has 0 amide bonds. The number of β-amino-alcohol motifs (C(OH)–C–C–N with tert-alkyl or cyclic N) is 1. The van der Waals surface area contributed by atoms with Crippen molar-refractivity contribution in [2.45, 2.75) is 13.0 Å². The van der Waals surface area contributed by atoms with E-state index in [2.05, 4.69) is 15.1 Å². The lowest BCUT2D eigenvalue weighted by Crippen LogP contribution is -2.32. The topological polar surface area (TPSA) is 52.1 Å². The third-order valence-electron chi connectivity index (χ3n) is 2.30. The number of aliphatic hydroxyl groups excluding tert-OH is 1. The van der Waals surface area contributed by atoms with Crippen molar-refractivity contribution in [1.82, 2.24) is 15.1 Å². The molecule has 2 N–H and O–H groups in total. The van der Waals surface area contributed by atoms with Crippen LogP contribution in [0.25, 0.3) is 0 Å². The van der Waals surface area contributed by atoms with Crippen LogP contribution in [-0.2, 0) is 13.0 Å². The van der Waals surface area contributed by atoms with Crippen molar-refractivity contribution >= 4 is 0 Å². The first-order valence-corrected chi connectivity index (χ1v) is 4.24. The fraction of sp³-hybridized carbons (Fsp3) is 0.625. The molecule has 0 aromatic carbocycles. The Morgan fingerprint density at radius 2 is 2.58 bits per heavy atom. The number of rotatable bonds is 2. The van der Waals surface area contributed by atoms with E-state index in [0.29, 0.717) is 0 Å². The maximum atomic E-state index is 8.75. The summed E-state index contributed by atoms with van der Waals surface area (Å²) in [7, 11) is 0. The molecule has 0 unspecified atom stereocenters. The van der Waals surface area contributed by atoms with E-state index in [1.165, 1.54) is 11.3 Å². The Morgan fingerprint density at radius 3 is 3.42 bits per heavy atom. The third kappa shape index (κ3) is 1.35. The quantitative estimate of drug-likeness (QED) is 0.639. The summed E-state index contributed by atoms with van der Waals surface area (Å²) in [6, 6.07) is 0. The number of aliphatic hydroxyl groups is 1. The van der Waals surface area contributed by atoms with Crippen molar-refractivity contribution in [3.05, 3.63) is 17.5 Å². The molecule has 12 heavy (non-hydrogen) atoms. The molecule has 4 heteroatoms. The van der Waals surface area contributed by atoms with Crippen LogP contribution in [0.2, 0.25) is 0 Å². The van der Waals surface area contributed by atoms with Crippen molar-refractivity contribution in [1.29, 1.82) is 0 Å². The zero-order chi connectivity index (χ0) is 8.39. The minimum atomic E-state index is 0.240. The molecule has 2 heterocycles. The van der Waals surface area contributed by atoms with Crippen LogP contribution >= 0.6 is 0 Å². The molecule has 0 radical (unpaired) electrons. The predicted octanol–water partition coefficient (Wildman–Crippen LogP) is -0.240. The van der Waals surface area contributed by atoms with Gasteiger partial charge in [0.25, 0.3) is 0 Å². The van der Waals surface area contributed by atoms with Crippen LogP contribution in [-0.4, -0.2) is 39.9 Å². The molecule has 0 bridgehead atoms. The predicted molar refractivity (Wildman–Crippen MR) is 44.7 cm³/mol. The van der Waals surface area contributed by atoms with Crippen LogP contribution in [0.5, 0.6) is 0 Å². The highest BCUT2D eigenvalue weighted by molar-refractivity contribution is 5.18. The van der Waals surface area contributed by atoms with Gasteiger partial charge in [0, 0.05) is 19.6 Å². The zero-order valence-corrected chi connectivity index (χ0v) is 6.95. The van der Waals surface area contributed by atoms with E-state index in [9.17, 15) is 0 Å². The highest BCUT2D eigenvalue weighted by Crippen LogP contribution is 2.14. The molecule has 0 spiro atoms. The Labute approximate surface area is 71.2 Å². The second-order valence-corrected chi connectivity index (χ2v) is 3.12. The Bertz CT molecular complexity index is 259. The van der Waals surface area contributed by atoms with Gasteiger partial charge in [0.05, 0.1) is 18.5 Å². The molecule has 1 aromatic heterocycles. The minimum Gasteiger partial charge on any atom is -0.395 e. The number of fused-ring (bicyclic) bond motifs is 1. The lowest BCUT2D eigenvalue weighted by molar-refractivity contribution is 0.183. The summed E-state index contributed by atoms with van der Waals surface area (Å²) in [5, 5.41) is 15.7. The Morgan fingerprint density at radius 1 is 1.67 bits per heavy atom. The summed E-state index contributed by atoms with van der Waals surface area (Å²) in [5.74, 6) is 0. The molecule has 1 aliphatic rings. The second kappa shape index (κ2) is 3.25. The molecule has 0 aliphatic carbocycles. The van der Waals surface area contributed by atoms with Gasteiger partial charge in [-0.1, -0.05) is 0 Å². The minimum absolute atomic E-state index is 0.240. The first-order valence-electron chi connectivity index (χ1n) is 4.24. The molecule has 0 saturated heterocycles. The highest BCUT2D eigenvalue weighted by Gasteiger charge is 2.16. The molecular weight excluding hydrogens is 154 g/mol. The summed E-state index contributed by atoms with van der Waals surface area (Å²) in [6.07, 6.45) is 2.94. The van der Waals surface area contributed by atoms with E-state index < -0.39 is 0 Å². The van der Waals surface area contributed by atoms with Crippen LogP contribution in [0.1, 0.15) is 11.3 Å². The molecule has 4 nitrogen and oxygen atoms in total. The molecule has 0 fully saturated rings. The lowest BCUT2D eigenvalue weighted by atomic mass is 10.1. The van der Waals surface area contributed by atoms with Gasteiger partial charge in [0.15, 0.2) is 0 Å². The van der Waals surface area contributed by atoms with Gasteiger partial charge in [-0.15, -0.1) is 0 Å². The summed E-state index contributed by atoms with van der Waals surface area (Å²) >= 11 is 0. The van der Waals surface area contributed by atoms with Crippen molar-refractivity contribution in [3.63, 3.8) is 0 Å². The average molecular weight is 167 g/mol. The van der Waals surface area contributed by atoms with E-state index >= 15 is 0 Å². The maximum Gasteiger partial charge on any atom is 0.0558 e. The lowest BCUT2D eigenvalue weighted by Gasteiger charge is -2.25. The Balaban J connectivity index is 2.05. The molecule has 66 valence electrons. The van der Waals surface area contributed by atoms with Gasteiger partial charge in [-0.3, -0.25) is 10.00 Å². The summed E-state index contributed by atoms with van der Waals surface area (Å²) in [4.78, 5) is 2.22. The first-order chi connectivity index (χ1) is 5.90. The van der Waals surface area contributed by atoms with Gasteiger partial charge in [-0.2, -0.15) is 5.10 Å². The van der Waals surface area contributed by atoms with Gasteiger partial charge < -0.3 is 5.11 Å². The number of hydrogen-bond donors (Lipinski definition) is 2. The number of nitrogens with zero attached hydrogens (tertiary/aromatic N) is 2. The highest BCUT2D eigenvalue weighted by atomic mass is 16.3. The zero-order valence-electron chi connectivity index (χ0n) is 6.95. The normalized spacial score (nSPS) is 17.8. The summed E-state index contributed by atoms with van der Waals surface area (Å²) in [6.45, 7) is 2.94. The van der Waals surface area contributed by atoms with Crippen molar-refractivity contribution < 1.29 is 5.11 Å². The van der Waals surface area contributed by atoms with Crippen molar-refractivity contribution in [3.8, 4) is 0 Å². The molecule has 1 aromatic rings. The number of H-pyrrole nitrogens is 1. The van der Waals surface area contributed by atoms with Crippen LogP contribution in [0.15, 0.2) is 6.20 Å². The van der Waals surface area contributed by atoms with E-state index in [1.54, 1.807) is 0 Å². The Hall–Kier alpha value is -0.870. The van der Waals surface area contributed by atoms with E-state index in [4.69, 9.17) is 5.11 Å². The molecule has 1 aliphatic heterocycles.